The quantitative estimate of drug-likeness (QED) is 0.209. The van der Waals surface area contributed by atoms with E-state index in [0.29, 0.717) is 24.2 Å². The molecule has 32 heavy (non-hydrogen) atoms. The summed E-state index contributed by atoms with van der Waals surface area (Å²) in [7, 11) is 0. The monoisotopic (exact) mass is 556 g/mol. The number of allylic oxidation sites excluding steroid dienone is 2. The van der Waals surface area contributed by atoms with Crippen LogP contribution in [-0.2, 0) is 9.59 Å². The van der Waals surface area contributed by atoms with E-state index in [0.717, 1.165) is 58.8 Å². The van der Waals surface area contributed by atoms with E-state index in [4.69, 9.17) is 0 Å². The molecular formula is C26H26Br2N2O2. The van der Waals surface area contributed by atoms with Crippen molar-refractivity contribution < 1.29 is 9.59 Å². The van der Waals surface area contributed by atoms with E-state index in [1.165, 1.54) is 0 Å². The number of hydrogen-bond acceptors (Lipinski definition) is 2. The fourth-order valence-corrected chi connectivity index (χ4v) is 5.07. The first-order chi connectivity index (χ1) is 15.7. The summed E-state index contributed by atoms with van der Waals surface area (Å²) in [6.07, 6.45) is 7.58. The molecule has 0 aromatic heterocycles. The van der Waals surface area contributed by atoms with Crippen LogP contribution in [0.1, 0.15) is 36.8 Å². The number of unbranched alkanes of at least 4 members (excludes halogenated alkanes) is 2. The molecule has 4 rings (SSSR count). The van der Waals surface area contributed by atoms with Gasteiger partial charge in [0.1, 0.15) is 0 Å². The largest absolute Gasteiger partial charge is 0.308 e. The Kier molecular flexibility index (Phi) is 7.63. The van der Waals surface area contributed by atoms with Crippen LogP contribution in [-0.4, -0.2) is 35.6 Å². The van der Waals surface area contributed by atoms with E-state index >= 15 is 0 Å². The summed E-state index contributed by atoms with van der Waals surface area (Å²) in [6, 6.07) is 15.8. The highest BCUT2D eigenvalue weighted by atomic mass is 79.9. The Morgan fingerprint density at radius 3 is 1.44 bits per heavy atom. The van der Waals surface area contributed by atoms with Crippen molar-refractivity contribution in [2.24, 2.45) is 0 Å². The average Bonchev–Trinajstić information content (AvgIpc) is 3.23. The van der Waals surface area contributed by atoms with Crippen LogP contribution in [0.4, 0.5) is 11.4 Å². The zero-order chi connectivity index (χ0) is 22.5. The van der Waals surface area contributed by atoms with E-state index in [9.17, 15) is 9.59 Å². The number of fused-ring (bicyclic) bond motifs is 2. The maximum atomic E-state index is 13.2. The van der Waals surface area contributed by atoms with Crippen molar-refractivity contribution in [1.29, 1.82) is 0 Å². The highest BCUT2D eigenvalue weighted by molar-refractivity contribution is 9.09. The Bertz CT molecular complexity index is 992. The summed E-state index contributed by atoms with van der Waals surface area (Å²) in [6.45, 7) is 1.39. The van der Waals surface area contributed by atoms with Gasteiger partial charge in [0.2, 0.25) is 0 Å². The number of carbonyl (C=O) groups is 2. The molecule has 4 nitrogen and oxygen atoms in total. The number of para-hydroxylation sites is 2. The maximum Gasteiger partial charge on any atom is 0.258 e. The van der Waals surface area contributed by atoms with Crippen LogP contribution in [0.3, 0.4) is 0 Å². The molecule has 0 aliphatic carbocycles. The summed E-state index contributed by atoms with van der Waals surface area (Å²) in [5.74, 6) is 0.0102. The lowest BCUT2D eigenvalue weighted by molar-refractivity contribution is -0.113. The SMILES string of the molecule is O=C1/C(=C\C=C2/C(=O)N(CCCCBr)c3ccccc32)c2ccccc2N1CCCCBr. The topological polar surface area (TPSA) is 40.6 Å². The number of carbonyl (C=O) groups excluding carboxylic acids is 2. The van der Waals surface area contributed by atoms with E-state index < -0.39 is 0 Å². The van der Waals surface area contributed by atoms with Crippen LogP contribution in [0, 0.1) is 0 Å². The van der Waals surface area contributed by atoms with E-state index in [-0.39, 0.29) is 11.8 Å². The molecule has 6 heteroatoms. The molecule has 2 amide bonds. The number of amides is 2. The summed E-state index contributed by atoms with van der Waals surface area (Å²) in [5.41, 5.74) is 5.06. The van der Waals surface area contributed by atoms with Crippen molar-refractivity contribution in [2.45, 2.75) is 25.7 Å². The van der Waals surface area contributed by atoms with Gasteiger partial charge in [0.15, 0.2) is 0 Å². The molecule has 2 aromatic rings. The molecule has 166 valence electrons. The van der Waals surface area contributed by atoms with Gasteiger partial charge in [0, 0.05) is 46.0 Å². The van der Waals surface area contributed by atoms with E-state index in [2.05, 4.69) is 31.9 Å². The second-order valence-corrected chi connectivity index (χ2v) is 9.49. The Labute approximate surface area is 206 Å². The van der Waals surface area contributed by atoms with Gasteiger partial charge >= 0.3 is 0 Å². The van der Waals surface area contributed by atoms with Crippen molar-refractivity contribution in [3.8, 4) is 0 Å². The Balaban J connectivity index is 1.66. The van der Waals surface area contributed by atoms with Gasteiger partial charge in [0.25, 0.3) is 11.8 Å². The lowest BCUT2D eigenvalue weighted by Crippen LogP contribution is -2.27. The average molecular weight is 558 g/mol. The van der Waals surface area contributed by atoms with Crippen LogP contribution in [0.2, 0.25) is 0 Å². The second-order valence-electron chi connectivity index (χ2n) is 7.90. The molecule has 0 atom stereocenters. The molecule has 0 saturated heterocycles. The van der Waals surface area contributed by atoms with E-state index in [1.54, 1.807) is 0 Å². The number of alkyl halides is 2. The number of anilines is 2. The van der Waals surface area contributed by atoms with Crippen LogP contribution in [0.25, 0.3) is 11.1 Å². The number of benzene rings is 2. The molecule has 2 heterocycles. The third-order valence-corrected chi connectivity index (χ3v) is 6.99. The molecular weight excluding hydrogens is 532 g/mol. The highest BCUT2D eigenvalue weighted by Gasteiger charge is 2.33. The minimum Gasteiger partial charge on any atom is -0.308 e. The van der Waals surface area contributed by atoms with Crippen LogP contribution >= 0.6 is 31.9 Å². The van der Waals surface area contributed by atoms with Crippen LogP contribution in [0.15, 0.2) is 60.7 Å². The first-order valence-electron chi connectivity index (χ1n) is 11.0. The Hall–Kier alpha value is -2.18. The molecule has 0 unspecified atom stereocenters. The summed E-state index contributed by atoms with van der Waals surface area (Å²) in [4.78, 5) is 30.2. The Morgan fingerprint density at radius 2 is 1.03 bits per heavy atom. The summed E-state index contributed by atoms with van der Waals surface area (Å²) < 4.78 is 0. The number of hydrogen-bond donors (Lipinski definition) is 0. The smallest absolute Gasteiger partial charge is 0.258 e. The molecule has 0 bridgehead atoms. The van der Waals surface area contributed by atoms with Crippen LogP contribution < -0.4 is 9.80 Å². The van der Waals surface area contributed by atoms with Crippen molar-refractivity contribution in [3.05, 3.63) is 71.8 Å². The normalized spacial score (nSPS) is 17.6. The molecule has 0 spiro atoms. The summed E-state index contributed by atoms with van der Waals surface area (Å²) >= 11 is 6.93. The lowest BCUT2D eigenvalue weighted by Gasteiger charge is -2.16. The first kappa shape index (κ1) is 23.0. The van der Waals surface area contributed by atoms with Crippen molar-refractivity contribution >= 4 is 66.2 Å². The van der Waals surface area contributed by atoms with Crippen molar-refractivity contribution in [1.82, 2.24) is 0 Å². The fraction of sp³-hybridized carbons (Fsp3) is 0.308. The number of rotatable bonds is 9. The van der Waals surface area contributed by atoms with Gasteiger partial charge in [-0.15, -0.1) is 0 Å². The maximum absolute atomic E-state index is 13.2. The molecule has 2 aromatic carbocycles. The minimum absolute atomic E-state index is 0.00512. The van der Waals surface area contributed by atoms with Gasteiger partial charge in [-0.05, 0) is 50.0 Å². The third kappa shape index (κ3) is 4.48. The van der Waals surface area contributed by atoms with E-state index in [1.807, 2.05) is 70.5 Å². The zero-order valence-electron chi connectivity index (χ0n) is 17.9. The van der Waals surface area contributed by atoms with Crippen molar-refractivity contribution in [2.75, 3.05) is 33.5 Å². The van der Waals surface area contributed by atoms with Gasteiger partial charge < -0.3 is 9.80 Å². The third-order valence-electron chi connectivity index (χ3n) is 5.87. The molecule has 2 aliphatic rings. The van der Waals surface area contributed by atoms with Gasteiger partial charge in [-0.2, -0.15) is 0 Å². The number of nitrogens with zero attached hydrogens (tertiary/aromatic N) is 2. The zero-order valence-corrected chi connectivity index (χ0v) is 21.1. The number of halogens is 2. The van der Waals surface area contributed by atoms with Crippen LogP contribution in [0.5, 0.6) is 0 Å². The fourth-order valence-electron chi connectivity index (χ4n) is 4.28. The lowest BCUT2D eigenvalue weighted by atomic mass is 10.0. The molecule has 0 fully saturated rings. The second kappa shape index (κ2) is 10.6. The Morgan fingerprint density at radius 1 is 0.625 bits per heavy atom. The van der Waals surface area contributed by atoms with Gasteiger partial charge in [0.05, 0.1) is 11.4 Å². The first-order valence-corrected chi connectivity index (χ1v) is 13.3. The molecule has 0 radical (unpaired) electrons. The highest BCUT2D eigenvalue weighted by Crippen LogP contribution is 2.39. The predicted molar refractivity (Wildman–Crippen MR) is 140 cm³/mol. The summed E-state index contributed by atoms with van der Waals surface area (Å²) in [5, 5.41) is 1.86. The molecule has 0 N–H and O–H groups in total. The minimum atomic E-state index is 0.00512. The predicted octanol–water partition coefficient (Wildman–Crippen LogP) is 6.20. The van der Waals surface area contributed by atoms with Gasteiger partial charge in [-0.25, -0.2) is 0 Å². The van der Waals surface area contributed by atoms with Gasteiger partial charge in [-0.3, -0.25) is 9.59 Å². The molecule has 0 saturated carbocycles. The standard InChI is InChI=1S/C26H26Br2N2O2/c27-15-5-7-17-29-23-11-3-1-9-19(23)21(25(29)31)13-14-22-20-10-2-4-12-24(20)30(26(22)32)18-8-6-16-28/h1-4,9-14H,5-8,15-18H2/b21-13-,22-14-. The van der Waals surface area contributed by atoms with Crippen molar-refractivity contribution in [3.63, 3.8) is 0 Å². The molecule has 2 aliphatic heterocycles. The van der Waals surface area contributed by atoms with Gasteiger partial charge in [-0.1, -0.05) is 68.3 Å².